The predicted octanol–water partition coefficient (Wildman–Crippen LogP) is 1.89. The summed E-state index contributed by atoms with van der Waals surface area (Å²) >= 11 is 0. The van der Waals surface area contributed by atoms with Crippen molar-refractivity contribution in [3.8, 4) is 11.5 Å². The van der Waals surface area contributed by atoms with Crippen molar-refractivity contribution >= 4 is 11.0 Å². The number of aryl methyl sites for hydroxylation is 1. The Hall–Kier alpha value is -3.37. The number of aromatic nitrogens is 6. The number of hydrogen-bond acceptors (Lipinski definition) is 6. The number of ether oxygens (including phenoxy) is 1. The maximum Gasteiger partial charge on any atom is 0.343 e. The Morgan fingerprint density at radius 1 is 1.03 bits per heavy atom. The second kappa shape index (κ2) is 9.01. The van der Waals surface area contributed by atoms with Gasteiger partial charge in [0, 0.05) is 37.9 Å². The van der Waals surface area contributed by atoms with Crippen molar-refractivity contribution in [1.29, 1.82) is 0 Å². The van der Waals surface area contributed by atoms with Crippen molar-refractivity contribution < 1.29 is 9.13 Å². The van der Waals surface area contributed by atoms with Gasteiger partial charge in [-0.25, -0.2) is 23.5 Å². The molecule has 1 fully saturated rings. The van der Waals surface area contributed by atoms with E-state index < -0.39 is 0 Å². The molecule has 1 aliphatic rings. The third kappa shape index (κ3) is 4.19. The lowest BCUT2D eigenvalue weighted by Gasteiger charge is -2.26. The van der Waals surface area contributed by atoms with Gasteiger partial charge in [-0.15, -0.1) is 5.10 Å². The minimum Gasteiger partial charge on any atom is -0.379 e. The van der Waals surface area contributed by atoms with Gasteiger partial charge < -0.3 is 4.74 Å². The molecule has 10 heteroatoms. The van der Waals surface area contributed by atoms with Crippen molar-refractivity contribution in [3.05, 3.63) is 64.5 Å². The van der Waals surface area contributed by atoms with Crippen molar-refractivity contribution in [2.24, 2.45) is 0 Å². The topological polar surface area (TPSA) is 93.9 Å². The number of nitrogens with one attached hydrogen (secondary N) is 1. The van der Waals surface area contributed by atoms with Gasteiger partial charge in [-0.05, 0) is 24.6 Å². The quantitative estimate of drug-likeness (QED) is 0.475. The summed E-state index contributed by atoms with van der Waals surface area (Å²) in [6.07, 6.45) is 2.48. The van der Waals surface area contributed by atoms with Gasteiger partial charge in [-0.3, -0.25) is 9.88 Å². The number of morpholine rings is 1. The van der Waals surface area contributed by atoms with E-state index >= 15 is 0 Å². The number of rotatable bonds is 7. The summed E-state index contributed by atoms with van der Waals surface area (Å²) in [4.78, 5) is 22.0. The van der Waals surface area contributed by atoms with E-state index in [0.717, 1.165) is 44.7 Å². The normalized spacial score (nSPS) is 14.9. The Kier molecular flexibility index (Phi) is 5.78. The van der Waals surface area contributed by atoms with E-state index in [0.29, 0.717) is 29.3 Å². The molecule has 32 heavy (non-hydrogen) atoms. The lowest BCUT2D eigenvalue weighted by Crippen LogP contribution is -2.37. The Morgan fingerprint density at radius 2 is 1.88 bits per heavy atom. The highest BCUT2D eigenvalue weighted by atomic mass is 19.1. The molecule has 1 N–H and O–H groups in total. The fourth-order valence-corrected chi connectivity index (χ4v) is 3.97. The molecule has 3 aromatic heterocycles. The van der Waals surface area contributed by atoms with Gasteiger partial charge in [0.05, 0.1) is 25.1 Å². The number of fused-ring (bicyclic) bond motifs is 1. The number of aromatic amines is 1. The minimum absolute atomic E-state index is 0.227. The van der Waals surface area contributed by atoms with E-state index in [4.69, 9.17) is 4.74 Å². The first-order valence-corrected chi connectivity index (χ1v) is 10.7. The zero-order valence-electron chi connectivity index (χ0n) is 17.6. The van der Waals surface area contributed by atoms with Crippen LogP contribution in [-0.4, -0.2) is 67.3 Å². The fraction of sp³-hybridized carbons (Fsp3) is 0.364. The van der Waals surface area contributed by atoms with Crippen LogP contribution in [0.4, 0.5) is 4.39 Å². The van der Waals surface area contributed by atoms with E-state index in [9.17, 15) is 9.18 Å². The maximum atomic E-state index is 14.2. The summed E-state index contributed by atoms with van der Waals surface area (Å²) in [5.74, 6) is 0.0817. The summed E-state index contributed by atoms with van der Waals surface area (Å²) in [5.41, 5.74) is 1.36. The summed E-state index contributed by atoms with van der Waals surface area (Å²) in [6.45, 7) is 4.97. The van der Waals surface area contributed by atoms with Crippen molar-refractivity contribution in [1.82, 2.24) is 34.4 Å². The number of benzene rings is 1. The molecule has 0 unspecified atom stereocenters. The van der Waals surface area contributed by atoms with Gasteiger partial charge in [0.15, 0.2) is 11.5 Å². The summed E-state index contributed by atoms with van der Waals surface area (Å²) in [5, 5.41) is 9.85. The van der Waals surface area contributed by atoms with Gasteiger partial charge in [-0.1, -0.05) is 18.2 Å². The van der Waals surface area contributed by atoms with Crippen LogP contribution < -0.4 is 5.69 Å². The standard InChI is InChI=1S/C22H24FN7O2/c23-18-7-2-1-5-16(18)15-30-21-17(6-3-8-24-21)19(26-30)20-25-22(31)29(27-20)10-4-9-28-11-13-32-14-12-28/h1-3,5-8H,4,9-15H2,(H,25,27,31). The van der Waals surface area contributed by atoms with Gasteiger partial charge >= 0.3 is 5.69 Å². The lowest BCUT2D eigenvalue weighted by atomic mass is 10.2. The first kappa shape index (κ1) is 20.5. The minimum atomic E-state index is -0.299. The second-order valence-corrected chi connectivity index (χ2v) is 7.78. The van der Waals surface area contributed by atoms with Gasteiger partial charge in [-0.2, -0.15) is 5.10 Å². The van der Waals surface area contributed by atoms with Crippen LogP contribution in [0.25, 0.3) is 22.6 Å². The van der Waals surface area contributed by atoms with Crippen LogP contribution in [0, 0.1) is 5.82 Å². The van der Waals surface area contributed by atoms with Crippen LogP contribution in [0.15, 0.2) is 47.4 Å². The highest BCUT2D eigenvalue weighted by Crippen LogP contribution is 2.24. The van der Waals surface area contributed by atoms with E-state index in [-0.39, 0.29) is 18.1 Å². The SMILES string of the molecule is O=c1[nH]c(-c2nn(Cc3ccccc3F)c3ncccc23)nn1CCCN1CCOCC1. The molecule has 4 heterocycles. The largest absolute Gasteiger partial charge is 0.379 e. The Bertz CT molecular complexity index is 1270. The second-order valence-electron chi connectivity index (χ2n) is 7.78. The number of nitrogens with zero attached hydrogens (tertiary/aromatic N) is 6. The maximum absolute atomic E-state index is 14.2. The molecule has 5 rings (SSSR count). The zero-order valence-corrected chi connectivity index (χ0v) is 17.6. The summed E-state index contributed by atoms with van der Waals surface area (Å²) in [7, 11) is 0. The monoisotopic (exact) mass is 437 g/mol. The van der Waals surface area contributed by atoms with Crippen LogP contribution in [-0.2, 0) is 17.8 Å². The molecule has 0 radical (unpaired) electrons. The summed E-state index contributed by atoms with van der Waals surface area (Å²) < 4.78 is 22.6. The number of pyridine rings is 1. The predicted molar refractivity (Wildman–Crippen MR) is 117 cm³/mol. The van der Waals surface area contributed by atoms with E-state index in [1.807, 2.05) is 6.07 Å². The first-order chi connectivity index (χ1) is 15.7. The van der Waals surface area contributed by atoms with Crippen molar-refractivity contribution in [2.45, 2.75) is 19.5 Å². The fourth-order valence-electron chi connectivity index (χ4n) is 3.97. The molecule has 9 nitrogen and oxygen atoms in total. The molecule has 0 spiro atoms. The van der Waals surface area contributed by atoms with Gasteiger partial charge in [0.25, 0.3) is 0 Å². The average Bonchev–Trinajstić information content (AvgIpc) is 3.37. The van der Waals surface area contributed by atoms with E-state index in [2.05, 4.69) is 25.1 Å². The molecule has 0 atom stereocenters. The number of H-pyrrole nitrogens is 1. The first-order valence-electron chi connectivity index (χ1n) is 10.7. The zero-order chi connectivity index (χ0) is 21.9. The molecule has 0 amide bonds. The van der Waals surface area contributed by atoms with Crippen molar-refractivity contribution in [3.63, 3.8) is 0 Å². The van der Waals surface area contributed by atoms with E-state index in [1.165, 1.54) is 10.7 Å². The highest BCUT2D eigenvalue weighted by molar-refractivity contribution is 5.89. The molecule has 0 aliphatic carbocycles. The van der Waals surface area contributed by atoms with Crippen LogP contribution in [0.3, 0.4) is 0 Å². The average molecular weight is 437 g/mol. The third-order valence-electron chi connectivity index (χ3n) is 5.64. The molecular formula is C22H24FN7O2. The van der Waals surface area contributed by atoms with Crippen molar-refractivity contribution in [2.75, 3.05) is 32.8 Å². The molecule has 0 saturated carbocycles. The molecule has 0 bridgehead atoms. The molecule has 166 valence electrons. The highest BCUT2D eigenvalue weighted by Gasteiger charge is 2.18. The summed E-state index contributed by atoms with van der Waals surface area (Å²) in [6, 6.07) is 10.3. The number of hydrogen-bond donors (Lipinski definition) is 1. The number of halogens is 1. The smallest absolute Gasteiger partial charge is 0.343 e. The molecule has 4 aromatic rings. The lowest BCUT2D eigenvalue weighted by molar-refractivity contribution is 0.0368. The molecule has 1 aliphatic heterocycles. The van der Waals surface area contributed by atoms with E-state index in [1.54, 1.807) is 35.1 Å². The Morgan fingerprint density at radius 3 is 2.72 bits per heavy atom. The molecule has 1 aromatic carbocycles. The third-order valence-corrected chi connectivity index (χ3v) is 5.64. The Balaban J connectivity index is 1.39. The Labute approximate surface area is 183 Å². The molecular weight excluding hydrogens is 413 g/mol. The molecule has 1 saturated heterocycles. The van der Waals surface area contributed by atoms with Crippen LogP contribution >= 0.6 is 0 Å². The van der Waals surface area contributed by atoms with Gasteiger partial charge in [0.1, 0.15) is 11.5 Å². The van der Waals surface area contributed by atoms with Crippen LogP contribution in [0.1, 0.15) is 12.0 Å². The van der Waals surface area contributed by atoms with Crippen LogP contribution in [0.2, 0.25) is 0 Å². The van der Waals surface area contributed by atoms with Gasteiger partial charge in [0.2, 0.25) is 0 Å². The van der Waals surface area contributed by atoms with Crippen LogP contribution in [0.5, 0.6) is 0 Å².